The highest BCUT2D eigenvalue weighted by atomic mass is 32.2. The van der Waals surface area contributed by atoms with Gasteiger partial charge in [-0.1, -0.05) is 0 Å². The molecule has 120 valence electrons. The minimum absolute atomic E-state index is 0.221. The van der Waals surface area contributed by atoms with Gasteiger partial charge in [-0.15, -0.1) is 0 Å². The van der Waals surface area contributed by atoms with Gasteiger partial charge in [0.1, 0.15) is 0 Å². The molecule has 23 heavy (non-hydrogen) atoms. The second-order valence-electron chi connectivity index (χ2n) is 5.49. The number of anilines is 2. The highest BCUT2D eigenvalue weighted by Gasteiger charge is 2.13. The van der Waals surface area contributed by atoms with Gasteiger partial charge in [0, 0.05) is 48.2 Å². The van der Waals surface area contributed by atoms with E-state index in [1.807, 2.05) is 30.8 Å². The molecule has 2 N–H and O–H groups in total. The Bertz CT molecular complexity index is 746. The summed E-state index contributed by atoms with van der Waals surface area (Å²) in [5, 5.41) is 2.89. The fourth-order valence-electron chi connectivity index (χ4n) is 2.55. The Morgan fingerprint density at radius 3 is 2.65 bits per heavy atom. The van der Waals surface area contributed by atoms with E-state index in [2.05, 4.69) is 21.3 Å². The molecular formula is C17H19N3O2S. The van der Waals surface area contributed by atoms with Crippen molar-refractivity contribution in [1.82, 2.24) is 4.98 Å². The van der Waals surface area contributed by atoms with Gasteiger partial charge in [0.15, 0.2) is 0 Å². The maximum atomic E-state index is 12.2. The summed E-state index contributed by atoms with van der Waals surface area (Å²) < 4.78 is 0. The molecule has 0 atom stereocenters. The minimum atomic E-state index is -0.230. The van der Waals surface area contributed by atoms with E-state index in [-0.39, 0.29) is 11.5 Å². The molecule has 2 heterocycles. The molecule has 1 fully saturated rings. The van der Waals surface area contributed by atoms with Crippen LogP contribution in [0.3, 0.4) is 0 Å². The third-order valence-corrected chi connectivity index (χ3v) is 4.82. The van der Waals surface area contributed by atoms with E-state index in [9.17, 15) is 9.59 Å². The van der Waals surface area contributed by atoms with Gasteiger partial charge in [-0.25, -0.2) is 0 Å². The fourth-order valence-corrected chi connectivity index (χ4v) is 3.46. The largest absolute Gasteiger partial charge is 0.370 e. The first-order valence-electron chi connectivity index (χ1n) is 7.57. The van der Waals surface area contributed by atoms with E-state index in [0.717, 1.165) is 35.8 Å². The Kier molecular flexibility index (Phi) is 4.71. The molecule has 0 spiro atoms. The minimum Gasteiger partial charge on any atom is -0.370 e. The Morgan fingerprint density at radius 2 is 2.00 bits per heavy atom. The van der Waals surface area contributed by atoms with Gasteiger partial charge in [-0.2, -0.15) is 11.8 Å². The summed E-state index contributed by atoms with van der Waals surface area (Å²) in [5.74, 6) is 2.08. The number of carbonyl (C=O) groups excluding carboxylic acids is 1. The standard InChI is InChI=1S/C17H19N3O2S/c1-12-10-14(20-6-8-23-9-7-20)3-4-15(12)19-17(22)13-2-5-16(21)18-11-13/h2-5,10-11H,6-9H2,1H3,(H,18,21)(H,19,22). The lowest BCUT2D eigenvalue weighted by atomic mass is 10.1. The Labute approximate surface area is 139 Å². The lowest BCUT2D eigenvalue weighted by molar-refractivity contribution is 0.102. The van der Waals surface area contributed by atoms with Crippen molar-refractivity contribution in [2.75, 3.05) is 34.8 Å². The van der Waals surface area contributed by atoms with Gasteiger partial charge >= 0.3 is 0 Å². The highest BCUT2D eigenvalue weighted by molar-refractivity contribution is 7.99. The quantitative estimate of drug-likeness (QED) is 0.908. The number of hydrogen-bond donors (Lipinski definition) is 2. The number of hydrogen-bond acceptors (Lipinski definition) is 4. The zero-order chi connectivity index (χ0) is 16.2. The number of aromatic nitrogens is 1. The molecule has 0 bridgehead atoms. The first-order chi connectivity index (χ1) is 11.1. The normalized spacial score (nSPS) is 14.6. The predicted octanol–water partition coefficient (Wildman–Crippen LogP) is 2.49. The van der Waals surface area contributed by atoms with Gasteiger partial charge in [0.05, 0.1) is 5.56 Å². The number of amides is 1. The summed E-state index contributed by atoms with van der Waals surface area (Å²) in [7, 11) is 0. The number of carbonyl (C=O) groups is 1. The second kappa shape index (κ2) is 6.91. The van der Waals surface area contributed by atoms with E-state index >= 15 is 0 Å². The van der Waals surface area contributed by atoms with E-state index in [0.29, 0.717) is 5.56 Å². The van der Waals surface area contributed by atoms with E-state index in [4.69, 9.17) is 0 Å². The molecule has 1 aromatic heterocycles. The van der Waals surface area contributed by atoms with Crippen LogP contribution < -0.4 is 15.8 Å². The van der Waals surface area contributed by atoms with Crippen LogP contribution >= 0.6 is 11.8 Å². The van der Waals surface area contributed by atoms with E-state index in [1.54, 1.807) is 0 Å². The zero-order valence-electron chi connectivity index (χ0n) is 13.0. The first-order valence-corrected chi connectivity index (χ1v) is 8.72. The van der Waals surface area contributed by atoms with Crippen molar-refractivity contribution in [3.63, 3.8) is 0 Å². The van der Waals surface area contributed by atoms with E-state index in [1.165, 1.54) is 24.0 Å². The predicted molar refractivity (Wildman–Crippen MR) is 95.7 cm³/mol. The molecule has 3 rings (SSSR count). The van der Waals surface area contributed by atoms with Gasteiger partial charge < -0.3 is 15.2 Å². The monoisotopic (exact) mass is 329 g/mol. The third-order valence-electron chi connectivity index (χ3n) is 3.88. The fraction of sp³-hybridized carbons (Fsp3) is 0.294. The average molecular weight is 329 g/mol. The van der Waals surface area contributed by atoms with Crippen molar-refractivity contribution in [3.05, 3.63) is 58.0 Å². The molecule has 5 nitrogen and oxygen atoms in total. The van der Waals surface area contributed by atoms with Crippen molar-refractivity contribution in [1.29, 1.82) is 0 Å². The molecule has 0 unspecified atom stereocenters. The highest BCUT2D eigenvalue weighted by Crippen LogP contribution is 2.25. The lowest BCUT2D eigenvalue weighted by Gasteiger charge is -2.29. The van der Waals surface area contributed by atoms with Crippen LogP contribution in [0.5, 0.6) is 0 Å². The molecule has 1 aliphatic heterocycles. The summed E-state index contributed by atoms with van der Waals surface area (Å²) in [4.78, 5) is 28.1. The van der Waals surface area contributed by atoms with Crippen LogP contribution in [0.2, 0.25) is 0 Å². The Balaban J connectivity index is 1.74. The number of nitrogens with one attached hydrogen (secondary N) is 2. The number of thioether (sulfide) groups is 1. The van der Waals surface area contributed by atoms with Crippen LogP contribution in [0.25, 0.3) is 0 Å². The van der Waals surface area contributed by atoms with Crippen molar-refractivity contribution < 1.29 is 4.79 Å². The summed E-state index contributed by atoms with van der Waals surface area (Å²) >= 11 is 1.98. The number of aryl methyl sites for hydroxylation is 1. The lowest BCUT2D eigenvalue weighted by Crippen LogP contribution is -2.32. The van der Waals surface area contributed by atoms with Gasteiger partial charge in [0.2, 0.25) is 5.56 Å². The van der Waals surface area contributed by atoms with Crippen LogP contribution in [-0.2, 0) is 0 Å². The van der Waals surface area contributed by atoms with Crippen molar-refractivity contribution in [2.45, 2.75) is 6.92 Å². The molecule has 1 aromatic carbocycles. The molecule has 2 aromatic rings. The van der Waals surface area contributed by atoms with Crippen LogP contribution in [0.4, 0.5) is 11.4 Å². The molecule has 1 amide bonds. The SMILES string of the molecule is Cc1cc(N2CCSCC2)ccc1NC(=O)c1ccc(=O)[nH]c1. The summed E-state index contributed by atoms with van der Waals surface area (Å²) in [6.45, 7) is 4.12. The molecule has 1 aliphatic rings. The number of pyridine rings is 1. The third kappa shape index (κ3) is 3.76. The summed E-state index contributed by atoms with van der Waals surface area (Å²) in [6, 6.07) is 8.96. The smallest absolute Gasteiger partial charge is 0.257 e. The van der Waals surface area contributed by atoms with Crippen LogP contribution in [0.1, 0.15) is 15.9 Å². The number of rotatable bonds is 3. The van der Waals surface area contributed by atoms with Crippen molar-refractivity contribution in [2.24, 2.45) is 0 Å². The topological polar surface area (TPSA) is 65.2 Å². The molecule has 0 aliphatic carbocycles. The van der Waals surface area contributed by atoms with Gasteiger partial charge in [-0.05, 0) is 36.8 Å². The Hall–Kier alpha value is -2.21. The number of H-pyrrole nitrogens is 1. The summed E-state index contributed by atoms with van der Waals surface area (Å²) in [6.07, 6.45) is 1.42. The molecular weight excluding hydrogens is 310 g/mol. The van der Waals surface area contributed by atoms with Crippen LogP contribution in [-0.4, -0.2) is 35.5 Å². The van der Waals surface area contributed by atoms with Crippen molar-refractivity contribution in [3.8, 4) is 0 Å². The van der Waals surface area contributed by atoms with E-state index < -0.39 is 0 Å². The molecule has 1 saturated heterocycles. The summed E-state index contributed by atoms with van der Waals surface area (Å²) in [5.41, 5.74) is 3.22. The van der Waals surface area contributed by atoms with Crippen LogP contribution in [0.15, 0.2) is 41.3 Å². The van der Waals surface area contributed by atoms with Gasteiger partial charge in [0.25, 0.3) is 5.91 Å². The maximum Gasteiger partial charge on any atom is 0.257 e. The number of nitrogens with zero attached hydrogens (tertiary/aromatic N) is 1. The maximum absolute atomic E-state index is 12.2. The number of benzene rings is 1. The number of aromatic amines is 1. The average Bonchev–Trinajstić information content (AvgIpc) is 2.58. The Morgan fingerprint density at radius 1 is 1.22 bits per heavy atom. The molecule has 0 saturated carbocycles. The first kappa shape index (κ1) is 15.7. The zero-order valence-corrected chi connectivity index (χ0v) is 13.8. The van der Waals surface area contributed by atoms with Crippen molar-refractivity contribution >= 4 is 29.0 Å². The molecule has 6 heteroatoms. The van der Waals surface area contributed by atoms with Gasteiger partial charge in [-0.3, -0.25) is 9.59 Å². The van der Waals surface area contributed by atoms with Crippen LogP contribution in [0, 0.1) is 6.92 Å². The second-order valence-corrected chi connectivity index (χ2v) is 6.72. The molecule has 0 radical (unpaired) electrons.